The summed E-state index contributed by atoms with van der Waals surface area (Å²) < 4.78 is 10.6. The Labute approximate surface area is 198 Å². The van der Waals surface area contributed by atoms with Crippen molar-refractivity contribution in [1.29, 1.82) is 0 Å². The first kappa shape index (κ1) is 23.1. The van der Waals surface area contributed by atoms with Crippen molar-refractivity contribution in [2.24, 2.45) is 0 Å². The lowest BCUT2D eigenvalue weighted by Crippen LogP contribution is -2.37. The molecule has 0 atom stereocenters. The summed E-state index contributed by atoms with van der Waals surface area (Å²) in [6.07, 6.45) is 1.59. The topological polar surface area (TPSA) is 140 Å². The molecule has 3 amide bonds. The Morgan fingerprint density at radius 1 is 1.21 bits per heavy atom. The molecule has 2 heterocycles. The number of carbonyl (C=O) groups is 3. The largest absolute Gasteiger partial charge is 0.454 e. The van der Waals surface area contributed by atoms with E-state index in [1.54, 1.807) is 31.2 Å². The van der Waals surface area contributed by atoms with Crippen molar-refractivity contribution in [1.82, 2.24) is 10.2 Å². The average molecular weight is 484 g/mol. The standard InChI is InChI=1S/C22H20N4O7S/c1-2-23-15-5-4-14(11-16(15)26(30)31)20(27)24-7-8-25-21(28)19(34-22(25)29)10-13-3-6-17-18(9-13)33-12-32-17/h3-6,9-11,23H,2,7-8,12H2,1H3,(H,24,27)/b19-10-. The van der Waals surface area contributed by atoms with Gasteiger partial charge in [0.05, 0.1) is 9.83 Å². The number of nitrogens with one attached hydrogen (secondary N) is 2. The fourth-order valence-electron chi connectivity index (χ4n) is 3.39. The monoisotopic (exact) mass is 484 g/mol. The van der Waals surface area contributed by atoms with Crippen molar-refractivity contribution in [3.05, 3.63) is 62.5 Å². The maximum Gasteiger partial charge on any atom is 0.293 e. The number of nitro benzene ring substituents is 1. The van der Waals surface area contributed by atoms with Crippen LogP contribution in [0.5, 0.6) is 11.5 Å². The Bertz CT molecular complexity index is 1210. The molecule has 4 rings (SSSR count). The number of carbonyl (C=O) groups excluding carboxylic acids is 3. The number of fused-ring (bicyclic) bond motifs is 1. The zero-order chi connectivity index (χ0) is 24.2. The van der Waals surface area contributed by atoms with Crippen LogP contribution in [-0.2, 0) is 4.79 Å². The molecule has 0 bridgehead atoms. The highest BCUT2D eigenvalue weighted by Gasteiger charge is 2.34. The van der Waals surface area contributed by atoms with Crippen LogP contribution in [0.3, 0.4) is 0 Å². The van der Waals surface area contributed by atoms with Crippen LogP contribution in [0.4, 0.5) is 16.2 Å². The Balaban J connectivity index is 1.37. The van der Waals surface area contributed by atoms with E-state index in [0.717, 1.165) is 16.7 Å². The summed E-state index contributed by atoms with van der Waals surface area (Å²) in [4.78, 5) is 49.5. The smallest absolute Gasteiger partial charge is 0.293 e. The lowest BCUT2D eigenvalue weighted by atomic mass is 10.1. The molecule has 1 fully saturated rings. The third-order valence-corrected chi connectivity index (χ3v) is 5.92. The van der Waals surface area contributed by atoms with Crippen molar-refractivity contribution in [2.75, 3.05) is 31.7 Å². The molecule has 0 aliphatic carbocycles. The van der Waals surface area contributed by atoms with Gasteiger partial charge in [-0.05, 0) is 54.6 Å². The minimum atomic E-state index is -0.568. The number of imide groups is 1. The van der Waals surface area contributed by atoms with Gasteiger partial charge in [0, 0.05) is 31.3 Å². The predicted molar refractivity (Wildman–Crippen MR) is 125 cm³/mol. The van der Waals surface area contributed by atoms with Gasteiger partial charge >= 0.3 is 0 Å². The van der Waals surface area contributed by atoms with E-state index in [2.05, 4.69) is 10.6 Å². The highest BCUT2D eigenvalue weighted by atomic mass is 32.2. The summed E-state index contributed by atoms with van der Waals surface area (Å²) in [6, 6.07) is 9.31. The summed E-state index contributed by atoms with van der Waals surface area (Å²) in [6.45, 7) is 2.39. The van der Waals surface area contributed by atoms with E-state index in [1.165, 1.54) is 18.2 Å². The fraction of sp³-hybridized carbons (Fsp3) is 0.227. The molecule has 11 nitrogen and oxygen atoms in total. The number of benzene rings is 2. The van der Waals surface area contributed by atoms with Crippen LogP contribution in [0, 0.1) is 10.1 Å². The molecule has 1 saturated heterocycles. The van der Waals surface area contributed by atoms with Gasteiger partial charge in [-0.15, -0.1) is 0 Å². The maximum absolute atomic E-state index is 12.7. The Morgan fingerprint density at radius 2 is 2.00 bits per heavy atom. The highest BCUT2D eigenvalue weighted by molar-refractivity contribution is 8.18. The fourth-order valence-corrected chi connectivity index (χ4v) is 4.26. The first-order valence-corrected chi connectivity index (χ1v) is 11.1. The molecule has 34 heavy (non-hydrogen) atoms. The lowest BCUT2D eigenvalue weighted by Gasteiger charge is -2.13. The maximum atomic E-state index is 12.7. The molecule has 0 radical (unpaired) electrons. The van der Waals surface area contributed by atoms with Gasteiger partial charge in [-0.25, -0.2) is 0 Å². The Kier molecular flexibility index (Phi) is 6.68. The van der Waals surface area contributed by atoms with Crippen molar-refractivity contribution in [3.63, 3.8) is 0 Å². The number of ether oxygens (including phenoxy) is 2. The van der Waals surface area contributed by atoms with Crippen molar-refractivity contribution >= 4 is 46.3 Å². The second-order valence-corrected chi connectivity index (χ2v) is 8.21. The van der Waals surface area contributed by atoms with Crippen LogP contribution in [-0.4, -0.2) is 53.3 Å². The van der Waals surface area contributed by atoms with Crippen LogP contribution in [0.15, 0.2) is 41.3 Å². The third kappa shape index (κ3) is 4.81. The number of rotatable bonds is 8. The molecule has 2 aliphatic rings. The van der Waals surface area contributed by atoms with Gasteiger partial charge in [0.15, 0.2) is 11.5 Å². The van der Waals surface area contributed by atoms with Crippen LogP contribution in [0.2, 0.25) is 0 Å². The number of hydrogen-bond acceptors (Lipinski definition) is 9. The molecule has 0 spiro atoms. The van der Waals surface area contributed by atoms with E-state index in [-0.39, 0.29) is 36.0 Å². The molecule has 12 heteroatoms. The summed E-state index contributed by atoms with van der Waals surface area (Å²) in [7, 11) is 0. The Morgan fingerprint density at radius 3 is 2.76 bits per heavy atom. The van der Waals surface area contributed by atoms with Gasteiger partial charge in [-0.3, -0.25) is 29.4 Å². The SMILES string of the molecule is CCNc1ccc(C(=O)NCCN2C(=O)S/C(=C\c3ccc4c(c3)OCO4)C2=O)cc1[N+](=O)[O-]. The minimum Gasteiger partial charge on any atom is -0.454 e. The predicted octanol–water partition coefficient (Wildman–Crippen LogP) is 3.22. The molecular formula is C22H20N4O7S. The quantitative estimate of drug-likeness (QED) is 0.328. The number of nitro groups is 1. The summed E-state index contributed by atoms with van der Waals surface area (Å²) >= 11 is 0.808. The molecule has 0 saturated carbocycles. The Hall–Kier alpha value is -4.06. The van der Waals surface area contributed by atoms with Gasteiger partial charge in [0.25, 0.3) is 22.7 Å². The molecule has 2 aromatic carbocycles. The third-order valence-electron chi connectivity index (χ3n) is 5.01. The van der Waals surface area contributed by atoms with Gasteiger partial charge in [0.2, 0.25) is 6.79 Å². The molecule has 2 N–H and O–H groups in total. The average Bonchev–Trinajstić information content (AvgIpc) is 3.38. The zero-order valence-corrected chi connectivity index (χ0v) is 18.8. The number of amides is 3. The summed E-state index contributed by atoms with van der Waals surface area (Å²) in [5.41, 5.74) is 0.890. The zero-order valence-electron chi connectivity index (χ0n) is 18.0. The van der Waals surface area contributed by atoms with Crippen LogP contribution >= 0.6 is 11.8 Å². The second-order valence-electron chi connectivity index (χ2n) is 7.22. The van der Waals surface area contributed by atoms with Crippen LogP contribution in [0.25, 0.3) is 6.08 Å². The van der Waals surface area contributed by atoms with Gasteiger partial charge in [0.1, 0.15) is 5.69 Å². The van der Waals surface area contributed by atoms with E-state index in [1.807, 2.05) is 0 Å². The van der Waals surface area contributed by atoms with Crippen molar-refractivity contribution in [2.45, 2.75) is 6.92 Å². The number of thioether (sulfide) groups is 1. The van der Waals surface area contributed by atoms with Gasteiger partial charge in [-0.2, -0.15) is 0 Å². The van der Waals surface area contributed by atoms with Crippen molar-refractivity contribution < 1.29 is 28.8 Å². The molecule has 0 unspecified atom stereocenters. The molecule has 0 aromatic heterocycles. The first-order chi connectivity index (χ1) is 16.4. The van der Waals surface area contributed by atoms with E-state index in [4.69, 9.17) is 9.47 Å². The van der Waals surface area contributed by atoms with E-state index in [0.29, 0.717) is 29.3 Å². The number of nitrogens with zero attached hydrogens (tertiary/aromatic N) is 2. The van der Waals surface area contributed by atoms with E-state index in [9.17, 15) is 24.5 Å². The second kappa shape index (κ2) is 9.83. The van der Waals surface area contributed by atoms with E-state index < -0.39 is 22.0 Å². The van der Waals surface area contributed by atoms with Crippen molar-refractivity contribution in [3.8, 4) is 11.5 Å². The molecular weight excluding hydrogens is 464 g/mol. The van der Waals surface area contributed by atoms with E-state index >= 15 is 0 Å². The van der Waals surface area contributed by atoms with Crippen LogP contribution < -0.4 is 20.1 Å². The molecule has 2 aliphatic heterocycles. The van der Waals surface area contributed by atoms with Crippen LogP contribution in [0.1, 0.15) is 22.8 Å². The lowest BCUT2D eigenvalue weighted by molar-refractivity contribution is -0.384. The number of anilines is 1. The highest BCUT2D eigenvalue weighted by Crippen LogP contribution is 2.36. The molecule has 176 valence electrons. The minimum absolute atomic E-state index is 0.00304. The first-order valence-electron chi connectivity index (χ1n) is 10.3. The molecule has 2 aromatic rings. The normalized spacial score (nSPS) is 15.7. The summed E-state index contributed by atoms with van der Waals surface area (Å²) in [5.74, 6) is 0.165. The van der Waals surface area contributed by atoms with Gasteiger partial charge < -0.3 is 20.1 Å². The summed E-state index contributed by atoms with van der Waals surface area (Å²) in [5, 5.41) is 16.3. The van der Waals surface area contributed by atoms with Gasteiger partial charge in [-0.1, -0.05) is 6.07 Å². The number of hydrogen-bond donors (Lipinski definition) is 2.